The monoisotopic (exact) mass is 503 g/mol. The maximum Gasteiger partial charge on any atom is 0.387 e. The number of aromatic nitrogens is 5. The fourth-order valence-corrected chi connectivity index (χ4v) is 5.46. The van der Waals surface area contributed by atoms with Crippen LogP contribution < -0.4 is 16.0 Å². The first-order chi connectivity index (χ1) is 16.7. The van der Waals surface area contributed by atoms with Crippen molar-refractivity contribution in [2.75, 3.05) is 0 Å². The van der Waals surface area contributed by atoms with Gasteiger partial charge in [0, 0.05) is 12.1 Å². The standard InChI is InChI=1S/C22H19F2N5O5S/c1-12-15-16(30)28(22(7-8-22)19(31)32)21(33)27(18(15)35-17(12)29-25-9-10-26-29)11-6-13-4-2-3-5-14(13)34-20(23)24/h2-5,9-10,20H,6-8,11H2,1H3,(H,31,32). The zero-order valence-electron chi connectivity index (χ0n) is 18.4. The highest BCUT2D eigenvalue weighted by Gasteiger charge is 2.54. The molecule has 1 aromatic carbocycles. The van der Waals surface area contributed by atoms with E-state index >= 15 is 0 Å². The molecule has 3 aromatic heterocycles. The molecule has 35 heavy (non-hydrogen) atoms. The molecule has 1 saturated carbocycles. The summed E-state index contributed by atoms with van der Waals surface area (Å²) in [6.45, 7) is -1.33. The molecule has 4 aromatic rings. The Kier molecular flexibility index (Phi) is 5.50. The topological polar surface area (TPSA) is 121 Å². The molecular formula is C22H19F2N5O5S. The number of alkyl halides is 2. The minimum absolute atomic E-state index is 0.000846. The number of thiophene rings is 1. The van der Waals surface area contributed by atoms with Gasteiger partial charge >= 0.3 is 18.3 Å². The molecule has 0 atom stereocenters. The quantitative estimate of drug-likeness (QED) is 0.392. The van der Waals surface area contributed by atoms with Gasteiger partial charge < -0.3 is 9.84 Å². The summed E-state index contributed by atoms with van der Waals surface area (Å²) in [5, 5.41) is 18.7. The zero-order valence-corrected chi connectivity index (χ0v) is 19.2. The Morgan fingerprint density at radius 2 is 1.91 bits per heavy atom. The van der Waals surface area contributed by atoms with E-state index in [4.69, 9.17) is 0 Å². The van der Waals surface area contributed by atoms with Crippen LogP contribution in [0.5, 0.6) is 5.75 Å². The van der Waals surface area contributed by atoms with E-state index in [2.05, 4.69) is 14.9 Å². The lowest BCUT2D eigenvalue weighted by Gasteiger charge is -2.17. The molecule has 182 valence electrons. The molecular weight excluding hydrogens is 484 g/mol. The molecule has 5 rings (SSSR count). The van der Waals surface area contributed by atoms with E-state index in [9.17, 15) is 28.3 Å². The van der Waals surface area contributed by atoms with Gasteiger partial charge in [-0.3, -0.25) is 9.36 Å². The van der Waals surface area contributed by atoms with Crippen molar-refractivity contribution in [2.45, 2.75) is 44.9 Å². The number of aryl methyl sites for hydroxylation is 3. The summed E-state index contributed by atoms with van der Waals surface area (Å²) in [5.41, 5.74) is -2.10. The number of rotatable bonds is 8. The Morgan fingerprint density at radius 3 is 2.54 bits per heavy atom. The second-order valence-corrected chi connectivity index (χ2v) is 9.16. The molecule has 1 aliphatic rings. The van der Waals surface area contributed by atoms with Crippen LogP contribution in [0, 0.1) is 6.92 Å². The molecule has 1 fully saturated rings. The number of benzene rings is 1. The number of ether oxygens (including phenoxy) is 1. The third kappa shape index (κ3) is 3.71. The van der Waals surface area contributed by atoms with Gasteiger partial charge in [0.1, 0.15) is 21.1 Å². The first-order valence-electron chi connectivity index (χ1n) is 10.7. The summed E-state index contributed by atoms with van der Waals surface area (Å²) in [5.74, 6) is -1.27. The van der Waals surface area contributed by atoms with Crippen LogP contribution in [0.2, 0.25) is 0 Å². The average molecular weight is 503 g/mol. The van der Waals surface area contributed by atoms with E-state index in [1.54, 1.807) is 25.1 Å². The third-order valence-corrected chi connectivity index (χ3v) is 7.41. The predicted octanol–water partition coefficient (Wildman–Crippen LogP) is 2.53. The summed E-state index contributed by atoms with van der Waals surface area (Å²) in [6, 6.07) is 6.23. The van der Waals surface area contributed by atoms with Crippen LogP contribution in [0.4, 0.5) is 8.78 Å². The summed E-state index contributed by atoms with van der Waals surface area (Å²) in [6.07, 6.45) is 3.38. The highest BCUT2D eigenvalue weighted by molar-refractivity contribution is 7.21. The summed E-state index contributed by atoms with van der Waals surface area (Å²) in [4.78, 5) is 40.7. The maximum absolute atomic E-state index is 13.6. The number of aliphatic carboxylic acids is 1. The first-order valence-corrected chi connectivity index (χ1v) is 11.5. The van der Waals surface area contributed by atoms with Gasteiger partial charge in [0.25, 0.3) is 5.56 Å². The number of hydrogen-bond donors (Lipinski definition) is 1. The molecule has 0 amide bonds. The molecule has 0 saturated heterocycles. The molecule has 13 heteroatoms. The highest BCUT2D eigenvalue weighted by atomic mass is 32.1. The zero-order chi connectivity index (χ0) is 24.9. The number of carbonyl (C=O) groups is 1. The van der Waals surface area contributed by atoms with Gasteiger partial charge in [0.15, 0.2) is 0 Å². The third-order valence-electron chi connectivity index (χ3n) is 6.13. The number of hydrogen-bond acceptors (Lipinski definition) is 7. The largest absolute Gasteiger partial charge is 0.479 e. The number of carboxylic acids is 1. The number of carboxylic acid groups (broad SMARTS) is 1. The van der Waals surface area contributed by atoms with E-state index in [1.165, 1.54) is 27.8 Å². The van der Waals surface area contributed by atoms with Gasteiger partial charge in [-0.15, -0.1) is 4.80 Å². The lowest BCUT2D eigenvalue weighted by atomic mass is 10.1. The van der Waals surface area contributed by atoms with Crippen LogP contribution in [-0.4, -0.2) is 41.8 Å². The van der Waals surface area contributed by atoms with Crippen LogP contribution in [0.25, 0.3) is 15.2 Å². The van der Waals surface area contributed by atoms with Crippen LogP contribution in [0.1, 0.15) is 24.0 Å². The van der Waals surface area contributed by atoms with Crippen LogP contribution in [0.3, 0.4) is 0 Å². The maximum atomic E-state index is 13.6. The van der Waals surface area contributed by atoms with Gasteiger partial charge in [-0.25, -0.2) is 14.2 Å². The molecule has 0 aliphatic heterocycles. The van der Waals surface area contributed by atoms with Crippen molar-refractivity contribution in [3.63, 3.8) is 0 Å². The lowest BCUT2D eigenvalue weighted by molar-refractivity contribution is -0.142. The molecule has 0 unspecified atom stereocenters. The van der Waals surface area contributed by atoms with E-state index < -0.39 is 29.4 Å². The van der Waals surface area contributed by atoms with Crippen molar-refractivity contribution in [1.82, 2.24) is 24.1 Å². The second-order valence-electron chi connectivity index (χ2n) is 8.18. The number of halogens is 2. The van der Waals surface area contributed by atoms with Crippen molar-refractivity contribution in [2.24, 2.45) is 0 Å². The molecule has 3 heterocycles. The normalized spacial score (nSPS) is 14.5. The Morgan fingerprint density at radius 1 is 1.23 bits per heavy atom. The van der Waals surface area contributed by atoms with Gasteiger partial charge in [0.05, 0.1) is 17.8 Å². The minimum Gasteiger partial charge on any atom is -0.479 e. The fourth-order valence-electron chi connectivity index (χ4n) is 4.23. The van der Waals surface area contributed by atoms with Gasteiger partial charge in [0.2, 0.25) is 0 Å². The molecule has 1 aliphatic carbocycles. The molecule has 0 spiro atoms. The fraction of sp³-hybridized carbons (Fsp3) is 0.318. The first kappa shape index (κ1) is 22.9. The van der Waals surface area contributed by atoms with E-state index in [0.717, 1.165) is 15.9 Å². The van der Waals surface area contributed by atoms with Crippen LogP contribution in [-0.2, 0) is 23.3 Å². The van der Waals surface area contributed by atoms with Crippen molar-refractivity contribution >= 4 is 27.5 Å². The number of para-hydroxylation sites is 1. The van der Waals surface area contributed by atoms with Gasteiger partial charge in [-0.1, -0.05) is 29.5 Å². The number of fused-ring (bicyclic) bond motifs is 1. The Balaban J connectivity index is 1.70. The van der Waals surface area contributed by atoms with E-state index in [1.807, 2.05) is 0 Å². The van der Waals surface area contributed by atoms with Crippen LogP contribution in [0.15, 0.2) is 46.2 Å². The molecule has 0 radical (unpaired) electrons. The minimum atomic E-state index is -3.01. The van der Waals surface area contributed by atoms with Crippen molar-refractivity contribution in [3.05, 3.63) is 68.6 Å². The Hall–Kier alpha value is -3.87. The van der Waals surface area contributed by atoms with Crippen molar-refractivity contribution in [1.29, 1.82) is 0 Å². The summed E-state index contributed by atoms with van der Waals surface area (Å²) >= 11 is 1.12. The van der Waals surface area contributed by atoms with Gasteiger partial charge in [-0.2, -0.15) is 19.0 Å². The van der Waals surface area contributed by atoms with Crippen molar-refractivity contribution < 1.29 is 23.4 Å². The van der Waals surface area contributed by atoms with Crippen LogP contribution >= 0.6 is 11.3 Å². The second kappa shape index (κ2) is 8.41. The van der Waals surface area contributed by atoms with E-state index in [0.29, 0.717) is 21.0 Å². The molecule has 10 nitrogen and oxygen atoms in total. The molecule has 1 N–H and O–H groups in total. The number of nitrogens with zero attached hydrogens (tertiary/aromatic N) is 5. The van der Waals surface area contributed by atoms with E-state index in [-0.39, 0.29) is 36.9 Å². The Bertz CT molecular complexity index is 1550. The van der Waals surface area contributed by atoms with Gasteiger partial charge in [-0.05, 0) is 37.8 Å². The SMILES string of the molecule is Cc1c(-n2nccn2)sc2c1c(=O)n(C1(C(=O)O)CC1)c(=O)n2CCc1ccccc1OC(F)F. The summed E-state index contributed by atoms with van der Waals surface area (Å²) < 4.78 is 32.4. The smallest absolute Gasteiger partial charge is 0.387 e. The van der Waals surface area contributed by atoms with Crippen molar-refractivity contribution in [3.8, 4) is 10.8 Å². The Labute approximate surface area is 199 Å². The average Bonchev–Trinajstić information content (AvgIpc) is 3.27. The summed E-state index contributed by atoms with van der Waals surface area (Å²) in [7, 11) is 0. The molecule has 0 bridgehead atoms. The predicted molar refractivity (Wildman–Crippen MR) is 122 cm³/mol. The lowest BCUT2D eigenvalue weighted by Crippen LogP contribution is -2.48. The highest BCUT2D eigenvalue weighted by Crippen LogP contribution is 2.42.